The molecule has 0 atom stereocenters. The SMILES string of the molecule is Cc1ccc(NC(=O)C=Cc2cc3cc(Cl)ccc3o2)c(C)c1. The van der Waals surface area contributed by atoms with Crippen LogP contribution in [0, 0.1) is 13.8 Å². The molecule has 1 N–H and O–H groups in total. The molecule has 1 amide bonds. The van der Waals surface area contributed by atoms with E-state index in [4.69, 9.17) is 16.0 Å². The molecule has 0 radical (unpaired) electrons. The molecule has 0 saturated carbocycles. The molecule has 3 rings (SSSR count). The third-order valence-corrected chi connectivity index (χ3v) is 3.77. The van der Waals surface area contributed by atoms with Crippen molar-refractivity contribution in [2.75, 3.05) is 5.32 Å². The lowest BCUT2D eigenvalue weighted by atomic mass is 10.1. The number of carbonyl (C=O) groups excluding carboxylic acids is 1. The van der Waals surface area contributed by atoms with E-state index >= 15 is 0 Å². The van der Waals surface area contributed by atoms with E-state index in [1.807, 2.05) is 50.2 Å². The highest BCUT2D eigenvalue weighted by Gasteiger charge is 2.04. The molecule has 4 heteroatoms. The lowest BCUT2D eigenvalue weighted by Crippen LogP contribution is -2.08. The van der Waals surface area contributed by atoms with Crippen molar-refractivity contribution in [2.24, 2.45) is 0 Å². The zero-order chi connectivity index (χ0) is 16.4. The van der Waals surface area contributed by atoms with Gasteiger partial charge in [0.25, 0.3) is 0 Å². The Kier molecular flexibility index (Phi) is 4.22. The summed E-state index contributed by atoms with van der Waals surface area (Å²) in [6.45, 7) is 3.99. The molecule has 0 unspecified atom stereocenters. The van der Waals surface area contributed by atoms with Crippen molar-refractivity contribution in [3.05, 3.63) is 70.5 Å². The maximum atomic E-state index is 12.0. The summed E-state index contributed by atoms with van der Waals surface area (Å²) in [5.74, 6) is 0.411. The lowest BCUT2D eigenvalue weighted by Gasteiger charge is -2.06. The van der Waals surface area contributed by atoms with E-state index in [-0.39, 0.29) is 5.91 Å². The lowest BCUT2D eigenvalue weighted by molar-refractivity contribution is -0.111. The zero-order valence-corrected chi connectivity index (χ0v) is 13.6. The van der Waals surface area contributed by atoms with Gasteiger partial charge in [0.1, 0.15) is 11.3 Å². The molecule has 3 aromatic rings. The van der Waals surface area contributed by atoms with Crippen molar-refractivity contribution in [1.82, 2.24) is 0 Å². The molecule has 23 heavy (non-hydrogen) atoms. The van der Waals surface area contributed by atoms with E-state index in [0.29, 0.717) is 10.8 Å². The maximum absolute atomic E-state index is 12.0. The van der Waals surface area contributed by atoms with Crippen LogP contribution in [0.25, 0.3) is 17.0 Å². The number of rotatable bonds is 3. The minimum Gasteiger partial charge on any atom is -0.457 e. The van der Waals surface area contributed by atoms with E-state index in [1.54, 1.807) is 12.1 Å². The van der Waals surface area contributed by atoms with Gasteiger partial charge in [-0.3, -0.25) is 4.79 Å². The molecule has 0 aliphatic carbocycles. The number of hydrogen-bond acceptors (Lipinski definition) is 2. The average Bonchev–Trinajstić information content (AvgIpc) is 2.90. The molecule has 116 valence electrons. The van der Waals surface area contributed by atoms with Crippen LogP contribution in [0.1, 0.15) is 16.9 Å². The fourth-order valence-electron chi connectivity index (χ4n) is 2.40. The highest BCUT2D eigenvalue weighted by molar-refractivity contribution is 6.31. The van der Waals surface area contributed by atoms with Crippen LogP contribution in [0.2, 0.25) is 5.02 Å². The number of carbonyl (C=O) groups is 1. The van der Waals surface area contributed by atoms with Crippen LogP contribution in [-0.2, 0) is 4.79 Å². The summed E-state index contributed by atoms with van der Waals surface area (Å²) < 4.78 is 5.64. The van der Waals surface area contributed by atoms with E-state index in [0.717, 1.165) is 27.8 Å². The highest BCUT2D eigenvalue weighted by Crippen LogP contribution is 2.23. The second-order valence-corrected chi connectivity index (χ2v) is 5.91. The van der Waals surface area contributed by atoms with Crippen LogP contribution >= 0.6 is 11.6 Å². The molecule has 0 spiro atoms. The van der Waals surface area contributed by atoms with Crippen LogP contribution in [0.3, 0.4) is 0 Å². The number of benzene rings is 2. The topological polar surface area (TPSA) is 42.2 Å². The molecule has 0 saturated heterocycles. The third kappa shape index (κ3) is 3.63. The predicted octanol–water partition coefficient (Wildman–Crippen LogP) is 5.35. The summed E-state index contributed by atoms with van der Waals surface area (Å²) in [6, 6.07) is 13.2. The van der Waals surface area contributed by atoms with Gasteiger partial charge in [-0.25, -0.2) is 0 Å². The summed E-state index contributed by atoms with van der Waals surface area (Å²) in [6.07, 6.45) is 3.10. The largest absolute Gasteiger partial charge is 0.457 e. The monoisotopic (exact) mass is 325 g/mol. The molecular formula is C19H16ClNO2. The summed E-state index contributed by atoms with van der Waals surface area (Å²) >= 11 is 5.95. The Hall–Kier alpha value is -2.52. The van der Waals surface area contributed by atoms with E-state index < -0.39 is 0 Å². The summed E-state index contributed by atoms with van der Waals surface area (Å²) in [4.78, 5) is 12.0. The van der Waals surface area contributed by atoms with E-state index in [1.165, 1.54) is 6.08 Å². The number of hydrogen-bond donors (Lipinski definition) is 1. The Balaban J connectivity index is 1.74. The van der Waals surface area contributed by atoms with Crippen molar-refractivity contribution in [3.8, 4) is 0 Å². The first-order valence-corrected chi connectivity index (χ1v) is 7.64. The molecule has 0 fully saturated rings. The minimum absolute atomic E-state index is 0.199. The number of amides is 1. The van der Waals surface area contributed by atoms with Crippen molar-refractivity contribution in [1.29, 1.82) is 0 Å². The Labute approximate surface area is 139 Å². The number of furan rings is 1. The molecule has 0 aliphatic heterocycles. The Bertz CT molecular complexity index is 909. The normalized spacial score (nSPS) is 11.3. The summed E-state index contributed by atoms with van der Waals surface area (Å²) in [5, 5.41) is 4.43. The standard InChI is InChI=1S/C19H16ClNO2/c1-12-3-6-17(13(2)9-12)21-19(22)8-5-16-11-14-10-15(20)4-7-18(14)23-16/h3-11H,1-2H3,(H,21,22). The zero-order valence-electron chi connectivity index (χ0n) is 12.9. The van der Waals surface area contributed by atoms with Crippen molar-refractivity contribution in [2.45, 2.75) is 13.8 Å². The molecule has 0 bridgehead atoms. The van der Waals surface area contributed by atoms with Crippen LogP contribution in [0.15, 0.2) is 53.0 Å². The fraction of sp³-hybridized carbons (Fsp3) is 0.105. The third-order valence-electron chi connectivity index (χ3n) is 3.54. The van der Waals surface area contributed by atoms with Crippen molar-refractivity contribution >= 4 is 40.2 Å². The quantitative estimate of drug-likeness (QED) is 0.659. The van der Waals surface area contributed by atoms with Gasteiger partial charge in [-0.2, -0.15) is 0 Å². The smallest absolute Gasteiger partial charge is 0.248 e. The molecule has 2 aromatic carbocycles. The molecule has 1 heterocycles. The molecule has 3 nitrogen and oxygen atoms in total. The van der Waals surface area contributed by atoms with Gasteiger partial charge < -0.3 is 9.73 Å². The summed E-state index contributed by atoms with van der Waals surface area (Å²) in [5.41, 5.74) is 3.74. The van der Waals surface area contributed by atoms with Gasteiger partial charge in [-0.1, -0.05) is 29.3 Å². The summed E-state index contributed by atoms with van der Waals surface area (Å²) in [7, 11) is 0. The first-order chi connectivity index (χ1) is 11.0. The van der Waals surface area contributed by atoms with Crippen LogP contribution in [-0.4, -0.2) is 5.91 Å². The van der Waals surface area contributed by atoms with Crippen LogP contribution in [0.5, 0.6) is 0 Å². The van der Waals surface area contributed by atoms with Gasteiger partial charge in [0, 0.05) is 22.2 Å². The first kappa shape index (κ1) is 15.4. The Morgan fingerprint density at radius 3 is 2.74 bits per heavy atom. The molecule has 0 aliphatic rings. The maximum Gasteiger partial charge on any atom is 0.248 e. The van der Waals surface area contributed by atoms with Gasteiger partial charge >= 0.3 is 0 Å². The Morgan fingerprint density at radius 1 is 1.13 bits per heavy atom. The van der Waals surface area contributed by atoms with Gasteiger partial charge in [-0.15, -0.1) is 0 Å². The van der Waals surface area contributed by atoms with Crippen LogP contribution < -0.4 is 5.32 Å². The number of fused-ring (bicyclic) bond motifs is 1. The van der Waals surface area contributed by atoms with Crippen molar-refractivity contribution in [3.63, 3.8) is 0 Å². The Morgan fingerprint density at radius 2 is 1.96 bits per heavy atom. The van der Waals surface area contributed by atoms with Gasteiger partial charge in [-0.05, 0) is 55.8 Å². The second kappa shape index (κ2) is 6.31. The average molecular weight is 326 g/mol. The van der Waals surface area contributed by atoms with E-state index in [2.05, 4.69) is 5.32 Å². The van der Waals surface area contributed by atoms with Gasteiger partial charge in [0.05, 0.1) is 0 Å². The van der Waals surface area contributed by atoms with Gasteiger partial charge in [0.2, 0.25) is 5.91 Å². The first-order valence-electron chi connectivity index (χ1n) is 7.27. The minimum atomic E-state index is -0.199. The van der Waals surface area contributed by atoms with Crippen molar-refractivity contribution < 1.29 is 9.21 Å². The fourth-order valence-corrected chi connectivity index (χ4v) is 2.58. The number of nitrogens with one attached hydrogen (secondary N) is 1. The van der Waals surface area contributed by atoms with Gasteiger partial charge in [0.15, 0.2) is 0 Å². The number of halogens is 1. The molecular weight excluding hydrogens is 310 g/mol. The highest BCUT2D eigenvalue weighted by atomic mass is 35.5. The number of aryl methyl sites for hydroxylation is 2. The van der Waals surface area contributed by atoms with Crippen LogP contribution in [0.4, 0.5) is 5.69 Å². The molecule has 1 aromatic heterocycles. The second-order valence-electron chi connectivity index (χ2n) is 5.47. The number of anilines is 1. The van der Waals surface area contributed by atoms with E-state index in [9.17, 15) is 4.79 Å². The predicted molar refractivity (Wildman–Crippen MR) is 94.8 cm³/mol.